The number of carboxylic acid groups (broad SMARTS) is 1. The van der Waals surface area contributed by atoms with Gasteiger partial charge < -0.3 is 15.2 Å². The maximum absolute atomic E-state index is 12.2. The molecular weight excluding hydrogens is 318 g/mol. The molecule has 1 amide bonds. The number of carbonyl (C=O) groups is 2. The van der Waals surface area contributed by atoms with Crippen molar-refractivity contribution in [3.63, 3.8) is 0 Å². The lowest BCUT2D eigenvalue weighted by Gasteiger charge is -2.15. The van der Waals surface area contributed by atoms with E-state index in [1.807, 2.05) is 25.1 Å². The fourth-order valence-electron chi connectivity index (χ4n) is 2.53. The standard InChI is InChI=1S/C20H23NO4/c1-13(2)16-9-8-14(3)10-18(16)25-12-19(22)21-17-7-5-4-6-15(17)11-20(23)24/h4-10,13H,11-12H2,1-3H3,(H,21,22)(H,23,24). The number of aliphatic carboxylic acids is 1. The second kappa shape index (κ2) is 8.33. The summed E-state index contributed by atoms with van der Waals surface area (Å²) < 4.78 is 5.71. The molecule has 0 saturated carbocycles. The summed E-state index contributed by atoms with van der Waals surface area (Å²) in [6, 6.07) is 12.8. The van der Waals surface area contributed by atoms with Crippen LogP contribution in [-0.2, 0) is 16.0 Å². The number of para-hydroxylation sites is 1. The molecule has 5 nitrogen and oxygen atoms in total. The van der Waals surface area contributed by atoms with Crippen molar-refractivity contribution in [1.82, 2.24) is 0 Å². The van der Waals surface area contributed by atoms with Crippen molar-refractivity contribution < 1.29 is 19.4 Å². The van der Waals surface area contributed by atoms with Gasteiger partial charge in [0.05, 0.1) is 6.42 Å². The van der Waals surface area contributed by atoms with Gasteiger partial charge in [-0.15, -0.1) is 0 Å². The summed E-state index contributed by atoms with van der Waals surface area (Å²) in [4.78, 5) is 23.1. The van der Waals surface area contributed by atoms with Crippen molar-refractivity contribution in [1.29, 1.82) is 0 Å². The molecule has 0 aromatic heterocycles. The van der Waals surface area contributed by atoms with E-state index in [0.717, 1.165) is 11.1 Å². The van der Waals surface area contributed by atoms with Crippen molar-refractivity contribution in [2.24, 2.45) is 0 Å². The van der Waals surface area contributed by atoms with Crippen LogP contribution in [-0.4, -0.2) is 23.6 Å². The SMILES string of the molecule is Cc1ccc(C(C)C)c(OCC(=O)Nc2ccccc2CC(=O)O)c1. The van der Waals surface area contributed by atoms with Crippen LogP contribution in [0.15, 0.2) is 42.5 Å². The summed E-state index contributed by atoms with van der Waals surface area (Å²) in [6.45, 7) is 5.98. The first kappa shape index (κ1) is 18.5. The number of rotatable bonds is 7. The Morgan fingerprint density at radius 2 is 1.88 bits per heavy atom. The predicted molar refractivity (Wildman–Crippen MR) is 97.2 cm³/mol. The van der Waals surface area contributed by atoms with Gasteiger partial charge in [0, 0.05) is 5.69 Å². The van der Waals surface area contributed by atoms with E-state index in [1.54, 1.807) is 24.3 Å². The molecular formula is C20H23NO4. The van der Waals surface area contributed by atoms with Gasteiger partial charge in [-0.25, -0.2) is 0 Å². The monoisotopic (exact) mass is 341 g/mol. The van der Waals surface area contributed by atoms with Gasteiger partial charge in [-0.3, -0.25) is 9.59 Å². The van der Waals surface area contributed by atoms with E-state index < -0.39 is 5.97 Å². The van der Waals surface area contributed by atoms with Crippen LogP contribution in [0.2, 0.25) is 0 Å². The Labute approximate surface area is 147 Å². The molecule has 2 aromatic rings. The van der Waals surface area contributed by atoms with E-state index in [2.05, 4.69) is 19.2 Å². The molecule has 0 spiro atoms. The number of hydrogen-bond donors (Lipinski definition) is 2. The lowest BCUT2D eigenvalue weighted by molar-refractivity contribution is -0.136. The van der Waals surface area contributed by atoms with Crippen LogP contribution in [0.3, 0.4) is 0 Å². The highest BCUT2D eigenvalue weighted by Gasteiger charge is 2.12. The van der Waals surface area contributed by atoms with Gasteiger partial charge >= 0.3 is 5.97 Å². The fraction of sp³-hybridized carbons (Fsp3) is 0.300. The zero-order valence-electron chi connectivity index (χ0n) is 14.7. The van der Waals surface area contributed by atoms with E-state index in [0.29, 0.717) is 17.0 Å². The molecule has 132 valence electrons. The van der Waals surface area contributed by atoms with Crippen LogP contribution in [0.1, 0.15) is 36.5 Å². The van der Waals surface area contributed by atoms with Crippen molar-refractivity contribution in [3.8, 4) is 5.75 Å². The van der Waals surface area contributed by atoms with Gasteiger partial charge in [-0.2, -0.15) is 0 Å². The molecule has 0 aliphatic heterocycles. The maximum atomic E-state index is 12.2. The average molecular weight is 341 g/mol. The van der Waals surface area contributed by atoms with E-state index in [4.69, 9.17) is 9.84 Å². The first-order valence-electron chi connectivity index (χ1n) is 8.19. The van der Waals surface area contributed by atoms with Crippen LogP contribution in [0, 0.1) is 6.92 Å². The molecule has 25 heavy (non-hydrogen) atoms. The molecule has 0 unspecified atom stereocenters. The number of nitrogens with one attached hydrogen (secondary N) is 1. The van der Waals surface area contributed by atoms with Crippen LogP contribution in [0.5, 0.6) is 5.75 Å². The molecule has 0 aliphatic carbocycles. The number of anilines is 1. The van der Waals surface area contributed by atoms with E-state index in [-0.39, 0.29) is 24.9 Å². The van der Waals surface area contributed by atoms with Crippen LogP contribution >= 0.6 is 0 Å². The van der Waals surface area contributed by atoms with E-state index >= 15 is 0 Å². The summed E-state index contributed by atoms with van der Waals surface area (Å²) in [5.74, 6) is -0.285. The highest BCUT2D eigenvalue weighted by Crippen LogP contribution is 2.27. The van der Waals surface area contributed by atoms with Gasteiger partial charge in [0.25, 0.3) is 5.91 Å². The molecule has 0 fully saturated rings. The highest BCUT2D eigenvalue weighted by atomic mass is 16.5. The molecule has 0 aliphatic rings. The second-order valence-electron chi connectivity index (χ2n) is 6.26. The molecule has 2 N–H and O–H groups in total. The molecule has 5 heteroatoms. The summed E-state index contributed by atoms with van der Waals surface area (Å²) in [5.41, 5.74) is 3.16. The van der Waals surface area contributed by atoms with Crippen LogP contribution < -0.4 is 10.1 Å². The third-order valence-corrected chi connectivity index (χ3v) is 3.78. The third-order valence-electron chi connectivity index (χ3n) is 3.78. The Morgan fingerprint density at radius 3 is 2.56 bits per heavy atom. The minimum absolute atomic E-state index is 0.134. The molecule has 0 atom stereocenters. The highest BCUT2D eigenvalue weighted by molar-refractivity contribution is 5.93. The van der Waals surface area contributed by atoms with Crippen molar-refractivity contribution in [2.45, 2.75) is 33.1 Å². The Bertz CT molecular complexity index is 768. The normalized spacial score (nSPS) is 10.6. The number of ether oxygens (including phenoxy) is 1. The number of hydrogen-bond acceptors (Lipinski definition) is 3. The zero-order chi connectivity index (χ0) is 18.4. The minimum atomic E-state index is -0.945. The largest absolute Gasteiger partial charge is 0.483 e. The number of aryl methyl sites for hydroxylation is 1. The molecule has 0 radical (unpaired) electrons. The smallest absolute Gasteiger partial charge is 0.307 e. The average Bonchev–Trinajstić information content (AvgIpc) is 2.54. The summed E-state index contributed by atoms with van der Waals surface area (Å²) in [5, 5.41) is 11.7. The Balaban J connectivity index is 2.05. The van der Waals surface area contributed by atoms with Crippen LogP contribution in [0.4, 0.5) is 5.69 Å². The lowest BCUT2D eigenvalue weighted by Crippen LogP contribution is -2.21. The topological polar surface area (TPSA) is 75.6 Å². The number of amides is 1. The van der Waals surface area contributed by atoms with Crippen LogP contribution in [0.25, 0.3) is 0 Å². The van der Waals surface area contributed by atoms with Gasteiger partial charge in [-0.1, -0.05) is 44.2 Å². The molecule has 0 heterocycles. The maximum Gasteiger partial charge on any atom is 0.307 e. The summed E-state index contributed by atoms with van der Waals surface area (Å²) in [7, 11) is 0. The van der Waals surface area contributed by atoms with Gasteiger partial charge in [0.15, 0.2) is 6.61 Å². The predicted octanol–water partition coefficient (Wildman–Crippen LogP) is 3.76. The van der Waals surface area contributed by atoms with Gasteiger partial charge in [0.1, 0.15) is 5.75 Å². The molecule has 2 rings (SSSR count). The quantitative estimate of drug-likeness (QED) is 0.804. The summed E-state index contributed by atoms with van der Waals surface area (Å²) >= 11 is 0. The minimum Gasteiger partial charge on any atom is -0.483 e. The number of benzene rings is 2. The first-order chi connectivity index (χ1) is 11.9. The number of carboxylic acids is 1. The fourth-order valence-corrected chi connectivity index (χ4v) is 2.53. The summed E-state index contributed by atoms with van der Waals surface area (Å²) in [6.07, 6.45) is -0.146. The first-order valence-corrected chi connectivity index (χ1v) is 8.19. The van der Waals surface area contributed by atoms with E-state index in [9.17, 15) is 9.59 Å². The van der Waals surface area contributed by atoms with Crippen molar-refractivity contribution >= 4 is 17.6 Å². The Kier molecular flexibility index (Phi) is 6.17. The molecule has 0 saturated heterocycles. The second-order valence-corrected chi connectivity index (χ2v) is 6.26. The van der Waals surface area contributed by atoms with E-state index in [1.165, 1.54) is 0 Å². The Hall–Kier alpha value is -2.82. The lowest BCUT2D eigenvalue weighted by atomic mass is 10.0. The van der Waals surface area contributed by atoms with Crippen molar-refractivity contribution in [2.75, 3.05) is 11.9 Å². The molecule has 2 aromatic carbocycles. The third kappa shape index (κ3) is 5.35. The number of carbonyl (C=O) groups excluding carboxylic acids is 1. The molecule has 0 bridgehead atoms. The van der Waals surface area contributed by atoms with Gasteiger partial charge in [0.2, 0.25) is 0 Å². The zero-order valence-corrected chi connectivity index (χ0v) is 14.7. The Morgan fingerprint density at radius 1 is 1.16 bits per heavy atom. The van der Waals surface area contributed by atoms with Crippen molar-refractivity contribution in [3.05, 3.63) is 59.2 Å². The van der Waals surface area contributed by atoms with Gasteiger partial charge in [-0.05, 0) is 41.7 Å².